The Morgan fingerprint density at radius 1 is 1.06 bits per heavy atom. The monoisotopic (exact) mass is 478 g/mol. The zero-order valence-electron chi connectivity index (χ0n) is 19.0. The molecule has 5 atom stereocenters. The number of hydrogen-bond donors (Lipinski definition) is 0. The second-order valence-electron chi connectivity index (χ2n) is 9.25. The van der Waals surface area contributed by atoms with Crippen molar-refractivity contribution in [2.75, 3.05) is 6.61 Å². The summed E-state index contributed by atoms with van der Waals surface area (Å²) in [6, 6.07) is 14.8. The van der Waals surface area contributed by atoms with E-state index in [4.69, 9.17) is 21.1 Å². The fourth-order valence-corrected chi connectivity index (χ4v) is 5.79. The van der Waals surface area contributed by atoms with Gasteiger partial charge in [-0.2, -0.15) is 10.2 Å². The van der Waals surface area contributed by atoms with E-state index < -0.39 is 0 Å². The molecule has 0 aliphatic heterocycles. The summed E-state index contributed by atoms with van der Waals surface area (Å²) in [6.45, 7) is 2.15. The molecular formula is C27H27ClN2O4. The van der Waals surface area contributed by atoms with Crippen LogP contribution < -0.4 is 4.74 Å². The summed E-state index contributed by atoms with van der Waals surface area (Å²) in [6.07, 6.45) is 4.23. The topological polar surface area (TPSA) is 78.4 Å². The first-order valence-electron chi connectivity index (χ1n) is 11.8. The van der Waals surface area contributed by atoms with Crippen LogP contribution in [0.5, 0.6) is 5.75 Å². The van der Waals surface area contributed by atoms with Crippen LogP contribution in [0.2, 0.25) is 5.02 Å². The van der Waals surface area contributed by atoms with Gasteiger partial charge in [-0.1, -0.05) is 23.7 Å². The van der Waals surface area contributed by atoms with Gasteiger partial charge in [0, 0.05) is 28.8 Å². The van der Waals surface area contributed by atoms with E-state index in [0.29, 0.717) is 41.4 Å². The molecule has 0 amide bonds. The molecule has 5 rings (SSSR count). The Balaban J connectivity index is 1.25. The van der Waals surface area contributed by atoms with Crippen molar-refractivity contribution < 1.29 is 19.1 Å². The quantitative estimate of drug-likeness (QED) is 0.297. The van der Waals surface area contributed by atoms with Gasteiger partial charge in [-0.15, -0.1) is 0 Å². The van der Waals surface area contributed by atoms with Crippen molar-refractivity contribution in [1.82, 2.24) is 10.2 Å². The third kappa shape index (κ3) is 4.78. The molecule has 7 heteroatoms. The molecule has 6 nitrogen and oxygen atoms in total. The van der Waals surface area contributed by atoms with E-state index in [1.165, 1.54) is 0 Å². The van der Waals surface area contributed by atoms with Gasteiger partial charge in [0.2, 0.25) is 0 Å². The maximum atomic E-state index is 13.0. The Morgan fingerprint density at radius 2 is 1.79 bits per heavy atom. The fraction of sp³-hybridized carbons (Fsp3) is 0.407. The summed E-state index contributed by atoms with van der Waals surface area (Å²) >= 11 is 5.96. The number of rotatable bonds is 9. The standard InChI is InChI=1S/C27H27ClN2O4/c1-2-33-26(32)12-17(11-24(31)16-7-9-18(28)10-8-16)27-21-13-19(14-22(21)27)34-25-15-29-30-23-6-4-3-5-20(23)25/h3-10,15,17,19,21-22,27H,2,11-14H2,1H3/t17?,19?,21-,22+,27?. The van der Waals surface area contributed by atoms with E-state index in [-0.39, 0.29) is 30.2 Å². The first-order chi connectivity index (χ1) is 16.5. The predicted octanol–water partition coefficient (Wildman–Crippen LogP) is 5.53. The van der Waals surface area contributed by atoms with E-state index in [1.54, 1.807) is 37.4 Å². The molecule has 3 aromatic rings. The van der Waals surface area contributed by atoms with Crippen LogP contribution in [-0.4, -0.2) is 34.7 Å². The van der Waals surface area contributed by atoms with Gasteiger partial charge in [0.15, 0.2) is 5.78 Å². The van der Waals surface area contributed by atoms with Crippen LogP contribution in [0.3, 0.4) is 0 Å². The Kier molecular flexibility index (Phi) is 6.50. The van der Waals surface area contributed by atoms with Crippen molar-refractivity contribution >= 4 is 34.3 Å². The third-order valence-electron chi connectivity index (χ3n) is 7.16. The second-order valence-corrected chi connectivity index (χ2v) is 9.68. The first-order valence-corrected chi connectivity index (χ1v) is 12.2. The average Bonchev–Trinajstić information content (AvgIpc) is 3.34. The van der Waals surface area contributed by atoms with E-state index in [9.17, 15) is 9.59 Å². The van der Waals surface area contributed by atoms with Gasteiger partial charge in [-0.05, 0) is 79.8 Å². The van der Waals surface area contributed by atoms with Crippen molar-refractivity contribution in [2.24, 2.45) is 23.7 Å². The van der Waals surface area contributed by atoms with Gasteiger partial charge in [0.25, 0.3) is 0 Å². The number of nitrogens with zero attached hydrogens (tertiary/aromatic N) is 2. The molecule has 1 heterocycles. The molecule has 0 bridgehead atoms. The van der Waals surface area contributed by atoms with Crippen molar-refractivity contribution in [3.05, 3.63) is 65.3 Å². The highest BCUT2D eigenvalue weighted by Crippen LogP contribution is 2.62. The molecule has 2 aliphatic rings. The van der Waals surface area contributed by atoms with Gasteiger partial charge in [-0.3, -0.25) is 9.59 Å². The molecule has 0 saturated heterocycles. The number of ketones is 1. The van der Waals surface area contributed by atoms with Crippen LogP contribution in [0.1, 0.15) is 43.0 Å². The maximum absolute atomic E-state index is 13.0. The number of Topliss-reactive ketones (excluding diaryl/α,β-unsaturated/α-hetero) is 1. The minimum atomic E-state index is -0.233. The van der Waals surface area contributed by atoms with Crippen LogP contribution in [0.25, 0.3) is 10.9 Å². The van der Waals surface area contributed by atoms with E-state index in [0.717, 1.165) is 29.5 Å². The van der Waals surface area contributed by atoms with Crippen molar-refractivity contribution in [2.45, 2.75) is 38.7 Å². The first kappa shape index (κ1) is 22.8. The molecule has 0 radical (unpaired) electrons. The van der Waals surface area contributed by atoms with Crippen LogP contribution in [-0.2, 0) is 9.53 Å². The number of hydrogen-bond acceptors (Lipinski definition) is 6. The lowest BCUT2D eigenvalue weighted by Gasteiger charge is -2.21. The largest absolute Gasteiger partial charge is 0.488 e. The minimum absolute atomic E-state index is 0.0263. The van der Waals surface area contributed by atoms with Crippen LogP contribution >= 0.6 is 11.6 Å². The predicted molar refractivity (Wildman–Crippen MR) is 129 cm³/mol. The summed E-state index contributed by atoms with van der Waals surface area (Å²) in [7, 11) is 0. The van der Waals surface area contributed by atoms with Crippen molar-refractivity contribution in [1.29, 1.82) is 0 Å². The van der Waals surface area contributed by atoms with Gasteiger partial charge in [0.05, 0.1) is 24.4 Å². The molecule has 2 saturated carbocycles. The molecule has 0 N–H and O–H groups in total. The lowest BCUT2D eigenvalue weighted by molar-refractivity contribution is -0.144. The summed E-state index contributed by atoms with van der Waals surface area (Å²) in [5.74, 6) is 1.80. The molecule has 176 valence electrons. The Morgan fingerprint density at radius 3 is 2.53 bits per heavy atom. The zero-order chi connectivity index (χ0) is 23.7. The molecule has 2 aliphatic carbocycles. The molecule has 0 spiro atoms. The Bertz CT molecular complexity index is 1180. The van der Waals surface area contributed by atoms with Gasteiger partial charge >= 0.3 is 5.97 Å². The molecular weight excluding hydrogens is 452 g/mol. The normalized spacial score (nSPS) is 23.8. The number of fused-ring (bicyclic) bond motifs is 2. The lowest BCUT2D eigenvalue weighted by atomic mass is 9.87. The van der Waals surface area contributed by atoms with Crippen LogP contribution in [0.4, 0.5) is 0 Å². The smallest absolute Gasteiger partial charge is 0.306 e. The van der Waals surface area contributed by atoms with Gasteiger partial charge in [-0.25, -0.2) is 0 Å². The van der Waals surface area contributed by atoms with Crippen LogP contribution in [0, 0.1) is 23.7 Å². The van der Waals surface area contributed by atoms with Gasteiger partial charge in [0.1, 0.15) is 5.75 Å². The SMILES string of the molecule is CCOC(=O)CC(CC(=O)c1ccc(Cl)cc1)C1[C@H]2CC(Oc3cnnc4ccccc34)C[C@@H]12. The second kappa shape index (κ2) is 9.71. The number of benzene rings is 2. The van der Waals surface area contributed by atoms with Crippen molar-refractivity contribution in [3.8, 4) is 5.75 Å². The minimum Gasteiger partial charge on any atom is -0.488 e. The van der Waals surface area contributed by atoms with E-state index >= 15 is 0 Å². The number of esters is 1. The molecule has 1 aromatic heterocycles. The van der Waals surface area contributed by atoms with E-state index in [2.05, 4.69) is 10.2 Å². The summed E-state index contributed by atoms with van der Waals surface area (Å²) in [4.78, 5) is 25.3. The number of ether oxygens (including phenoxy) is 2. The molecule has 34 heavy (non-hydrogen) atoms. The number of aromatic nitrogens is 2. The molecule has 2 aromatic carbocycles. The highest BCUT2D eigenvalue weighted by atomic mass is 35.5. The summed E-state index contributed by atoms with van der Waals surface area (Å²) < 4.78 is 11.5. The Labute approximate surface area is 203 Å². The molecule has 2 fully saturated rings. The third-order valence-corrected chi connectivity index (χ3v) is 7.42. The van der Waals surface area contributed by atoms with Gasteiger partial charge < -0.3 is 9.47 Å². The highest BCUT2D eigenvalue weighted by Gasteiger charge is 2.59. The molecule has 3 unspecified atom stereocenters. The summed E-state index contributed by atoms with van der Waals surface area (Å²) in [5, 5.41) is 9.79. The van der Waals surface area contributed by atoms with Crippen LogP contribution in [0.15, 0.2) is 54.7 Å². The zero-order valence-corrected chi connectivity index (χ0v) is 19.8. The average molecular weight is 479 g/mol. The number of halogens is 1. The summed E-state index contributed by atoms with van der Waals surface area (Å²) in [5.41, 5.74) is 1.44. The Hall–Kier alpha value is -2.99. The number of carbonyl (C=O) groups excluding carboxylic acids is 2. The lowest BCUT2D eigenvalue weighted by Crippen LogP contribution is -2.22. The van der Waals surface area contributed by atoms with E-state index in [1.807, 2.05) is 24.3 Å². The highest BCUT2D eigenvalue weighted by molar-refractivity contribution is 6.30. The van der Waals surface area contributed by atoms with Crippen molar-refractivity contribution in [3.63, 3.8) is 0 Å². The fourth-order valence-electron chi connectivity index (χ4n) is 5.66. The number of carbonyl (C=O) groups is 2. The maximum Gasteiger partial charge on any atom is 0.306 e.